The summed E-state index contributed by atoms with van der Waals surface area (Å²) >= 11 is 0. The molecule has 0 bridgehead atoms. The first kappa shape index (κ1) is 15.8. The Hall–Kier alpha value is -0.540. The third kappa shape index (κ3) is 4.49. The summed E-state index contributed by atoms with van der Waals surface area (Å²) in [5.41, 5.74) is 0. The summed E-state index contributed by atoms with van der Waals surface area (Å²) in [6, 6.07) is 0. The summed E-state index contributed by atoms with van der Waals surface area (Å²) in [6.07, 6.45) is 3.30. The molecule has 0 amide bonds. The highest BCUT2D eigenvalue weighted by Gasteiger charge is 2.33. The molecule has 0 N–H and O–H groups in total. The van der Waals surface area contributed by atoms with Crippen LogP contribution < -0.4 is 0 Å². The average molecular weight is 292 g/mol. The largest absolute Gasteiger partial charge is 0.412 e. The number of allylic oxidation sites excluding steroid dienone is 2. The molecule has 0 aliphatic heterocycles. The Balaban J connectivity index is 1.82. The van der Waals surface area contributed by atoms with Gasteiger partial charge in [0, 0.05) is 5.92 Å². The van der Waals surface area contributed by atoms with E-state index in [-0.39, 0.29) is 6.08 Å². The lowest BCUT2D eigenvalue weighted by Crippen LogP contribution is -2.25. The zero-order valence-electron chi connectivity index (χ0n) is 12.1. The molecule has 0 aromatic heterocycles. The molecule has 116 valence electrons. The first-order valence-electron chi connectivity index (χ1n) is 7.80. The molecule has 2 aliphatic carbocycles. The van der Waals surface area contributed by atoms with Gasteiger partial charge in [0.25, 0.3) is 0 Å². The lowest BCUT2D eigenvalue weighted by Gasteiger charge is -2.37. The topological polar surface area (TPSA) is 0 Å². The van der Waals surface area contributed by atoms with Gasteiger partial charge in [0.15, 0.2) is 0 Å². The number of halogens is 4. The fourth-order valence-electron chi connectivity index (χ4n) is 3.90. The second-order valence-corrected chi connectivity index (χ2v) is 6.70. The van der Waals surface area contributed by atoms with E-state index in [1.54, 1.807) is 0 Å². The first-order chi connectivity index (χ1) is 9.35. The molecular formula is C16H24F4. The van der Waals surface area contributed by atoms with Gasteiger partial charge >= 0.3 is 6.18 Å². The highest BCUT2D eigenvalue weighted by molar-refractivity contribution is 5.03. The average Bonchev–Trinajstić information content (AvgIpc) is 2.38. The van der Waals surface area contributed by atoms with Gasteiger partial charge in [-0.05, 0) is 56.3 Å². The number of hydrogen-bond acceptors (Lipinski definition) is 0. The summed E-state index contributed by atoms with van der Waals surface area (Å²) in [5.74, 6) is 0.678. The highest BCUT2D eigenvalue weighted by Crippen LogP contribution is 2.43. The molecule has 0 unspecified atom stereocenters. The monoisotopic (exact) mass is 292 g/mol. The zero-order valence-corrected chi connectivity index (χ0v) is 12.1. The van der Waals surface area contributed by atoms with Gasteiger partial charge in [0.05, 0.1) is 6.08 Å². The molecule has 4 heteroatoms. The van der Waals surface area contributed by atoms with Crippen LogP contribution in [0.25, 0.3) is 0 Å². The lowest BCUT2D eigenvalue weighted by molar-refractivity contribution is -0.0821. The molecule has 0 aromatic carbocycles. The molecule has 0 spiro atoms. The van der Waals surface area contributed by atoms with Crippen molar-refractivity contribution >= 4 is 0 Å². The zero-order chi connectivity index (χ0) is 14.8. The normalized spacial score (nSPS) is 37.0. The maximum absolute atomic E-state index is 13.5. The van der Waals surface area contributed by atoms with Crippen LogP contribution in [0.4, 0.5) is 17.6 Å². The van der Waals surface area contributed by atoms with Crippen molar-refractivity contribution in [3.05, 3.63) is 11.9 Å². The second kappa shape index (κ2) is 6.48. The van der Waals surface area contributed by atoms with E-state index in [1.165, 1.54) is 25.7 Å². The van der Waals surface area contributed by atoms with Crippen LogP contribution in [0.2, 0.25) is 0 Å². The molecule has 20 heavy (non-hydrogen) atoms. The predicted molar refractivity (Wildman–Crippen MR) is 71.8 cm³/mol. The Kier molecular flexibility index (Phi) is 5.14. The Morgan fingerprint density at radius 1 is 0.850 bits per heavy atom. The number of hydrogen-bond donors (Lipinski definition) is 0. The minimum Gasteiger partial charge on any atom is -0.212 e. The molecule has 0 atom stereocenters. The molecule has 2 rings (SSSR count). The summed E-state index contributed by atoms with van der Waals surface area (Å²) in [7, 11) is 0. The van der Waals surface area contributed by atoms with E-state index < -0.39 is 17.9 Å². The van der Waals surface area contributed by atoms with Gasteiger partial charge in [-0.3, -0.25) is 0 Å². The standard InChI is InChI=1S/C16H24F4/c1-11-2-4-12(5-3-11)13-6-8-14(9-7-13)15(17)10-16(18,19)20/h10-14H,2-9H2,1H3/b15-10-. The van der Waals surface area contributed by atoms with E-state index in [9.17, 15) is 17.6 Å². The van der Waals surface area contributed by atoms with Crippen LogP contribution in [0.3, 0.4) is 0 Å². The Morgan fingerprint density at radius 2 is 1.30 bits per heavy atom. The summed E-state index contributed by atoms with van der Waals surface area (Å²) in [4.78, 5) is 0. The van der Waals surface area contributed by atoms with Gasteiger partial charge in [0.2, 0.25) is 0 Å². The van der Waals surface area contributed by atoms with E-state index in [4.69, 9.17) is 0 Å². The Labute approximate surface area is 118 Å². The number of rotatable bonds is 2. The van der Waals surface area contributed by atoms with Crippen molar-refractivity contribution in [2.75, 3.05) is 0 Å². The molecule has 2 fully saturated rings. The Bertz CT molecular complexity index is 329. The molecule has 0 nitrogen and oxygen atoms in total. The van der Waals surface area contributed by atoms with Crippen molar-refractivity contribution in [1.82, 2.24) is 0 Å². The van der Waals surface area contributed by atoms with E-state index in [0.29, 0.717) is 18.8 Å². The molecule has 2 aliphatic rings. The minimum absolute atomic E-state index is 0.152. The fourth-order valence-corrected chi connectivity index (χ4v) is 3.90. The third-order valence-corrected chi connectivity index (χ3v) is 5.19. The summed E-state index contributed by atoms with van der Waals surface area (Å²) in [6.45, 7) is 2.28. The van der Waals surface area contributed by atoms with Gasteiger partial charge in [0.1, 0.15) is 5.83 Å². The van der Waals surface area contributed by atoms with Crippen LogP contribution in [-0.2, 0) is 0 Å². The summed E-state index contributed by atoms with van der Waals surface area (Å²) in [5, 5.41) is 0. The van der Waals surface area contributed by atoms with Crippen molar-refractivity contribution in [1.29, 1.82) is 0 Å². The molecule has 0 saturated heterocycles. The van der Waals surface area contributed by atoms with E-state index >= 15 is 0 Å². The highest BCUT2D eigenvalue weighted by atomic mass is 19.4. The second-order valence-electron chi connectivity index (χ2n) is 6.70. The van der Waals surface area contributed by atoms with Crippen molar-refractivity contribution in [3.8, 4) is 0 Å². The van der Waals surface area contributed by atoms with E-state index in [0.717, 1.165) is 24.7 Å². The van der Waals surface area contributed by atoms with Crippen LogP contribution in [0.1, 0.15) is 58.3 Å². The first-order valence-corrected chi connectivity index (χ1v) is 7.80. The number of alkyl halides is 3. The van der Waals surface area contributed by atoms with E-state index in [1.807, 2.05) is 0 Å². The Morgan fingerprint density at radius 3 is 1.75 bits per heavy atom. The van der Waals surface area contributed by atoms with Gasteiger partial charge < -0.3 is 0 Å². The quantitative estimate of drug-likeness (QED) is 0.545. The smallest absolute Gasteiger partial charge is 0.212 e. The van der Waals surface area contributed by atoms with Crippen LogP contribution in [0.5, 0.6) is 0 Å². The van der Waals surface area contributed by atoms with Crippen LogP contribution in [-0.4, -0.2) is 6.18 Å². The lowest BCUT2D eigenvalue weighted by atomic mass is 9.69. The molecule has 0 heterocycles. The van der Waals surface area contributed by atoms with Crippen molar-refractivity contribution in [3.63, 3.8) is 0 Å². The van der Waals surface area contributed by atoms with Crippen LogP contribution >= 0.6 is 0 Å². The van der Waals surface area contributed by atoms with Crippen LogP contribution in [0.15, 0.2) is 11.9 Å². The van der Waals surface area contributed by atoms with Crippen molar-refractivity contribution in [2.24, 2.45) is 23.7 Å². The summed E-state index contributed by atoms with van der Waals surface area (Å²) < 4.78 is 50.0. The molecule has 0 aromatic rings. The van der Waals surface area contributed by atoms with Gasteiger partial charge in [-0.25, -0.2) is 4.39 Å². The van der Waals surface area contributed by atoms with Crippen LogP contribution in [0, 0.1) is 23.7 Å². The SMILES string of the molecule is CC1CCC(C2CCC(/C(F)=C/C(F)(F)F)CC2)CC1. The van der Waals surface area contributed by atoms with Gasteiger partial charge in [-0.15, -0.1) is 0 Å². The molecule has 2 saturated carbocycles. The van der Waals surface area contributed by atoms with Crippen molar-refractivity contribution in [2.45, 2.75) is 64.5 Å². The predicted octanol–water partition coefficient (Wildman–Crippen LogP) is 6.03. The van der Waals surface area contributed by atoms with Crippen molar-refractivity contribution < 1.29 is 17.6 Å². The fraction of sp³-hybridized carbons (Fsp3) is 0.875. The minimum atomic E-state index is -4.53. The molecular weight excluding hydrogens is 268 g/mol. The maximum atomic E-state index is 13.5. The molecule has 0 radical (unpaired) electrons. The third-order valence-electron chi connectivity index (χ3n) is 5.19. The van der Waals surface area contributed by atoms with Gasteiger partial charge in [-0.2, -0.15) is 13.2 Å². The van der Waals surface area contributed by atoms with E-state index in [2.05, 4.69) is 6.92 Å². The maximum Gasteiger partial charge on any atom is 0.412 e. The van der Waals surface area contributed by atoms with Gasteiger partial charge in [-0.1, -0.05) is 19.8 Å².